The Morgan fingerprint density at radius 2 is 1.71 bits per heavy atom. The summed E-state index contributed by atoms with van der Waals surface area (Å²) < 4.78 is 21.8. The van der Waals surface area contributed by atoms with E-state index < -0.39 is 52.3 Å². The van der Waals surface area contributed by atoms with E-state index in [0.29, 0.717) is 44.4 Å². The Balaban J connectivity index is 2.24. The molecular formula is C36H53FN2O6. The van der Waals surface area contributed by atoms with Gasteiger partial charge in [0.05, 0.1) is 5.71 Å². The molecule has 1 heterocycles. The molecule has 9 heteroatoms. The second kappa shape index (κ2) is 14.7. The van der Waals surface area contributed by atoms with Crippen LogP contribution in [0, 0.1) is 35.0 Å². The summed E-state index contributed by atoms with van der Waals surface area (Å²) in [4.78, 5) is 49.9. The van der Waals surface area contributed by atoms with Gasteiger partial charge in [-0.05, 0) is 81.1 Å². The molecule has 2 bridgehead atoms. The Hall–Kier alpha value is -2.94. The summed E-state index contributed by atoms with van der Waals surface area (Å²) in [5.74, 6) is -4.78. The van der Waals surface area contributed by atoms with Crippen molar-refractivity contribution in [1.29, 1.82) is 0 Å². The number of hydrogen-bond acceptors (Lipinski definition) is 7. The number of cyclic esters (lactones) is 1. The molecule has 3 rings (SSSR count). The summed E-state index contributed by atoms with van der Waals surface area (Å²) in [6.45, 7) is 15.7. The molecule has 1 amide bonds. The summed E-state index contributed by atoms with van der Waals surface area (Å²) in [6, 6.07) is 9.75. The second-order valence-corrected chi connectivity index (χ2v) is 14.1. The largest absolute Gasteiger partial charge is 0.457 e. The third-order valence-corrected chi connectivity index (χ3v) is 10.8. The Morgan fingerprint density at radius 1 is 1.07 bits per heavy atom. The van der Waals surface area contributed by atoms with Crippen molar-refractivity contribution >= 4 is 29.1 Å². The molecule has 0 unspecified atom stereocenters. The zero-order chi connectivity index (χ0) is 33.7. The van der Waals surface area contributed by atoms with Crippen molar-refractivity contribution < 1.29 is 33.5 Å². The number of carbonyl (C=O) groups excluding carboxylic acids is 3. The molecule has 2 aliphatic rings. The molecule has 1 N–H and O–H groups in total. The molecule has 1 saturated carbocycles. The molecule has 45 heavy (non-hydrogen) atoms. The van der Waals surface area contributed by atoms with Gasteiger partial charge in [-0.3, -0.25) is 9.59 Å². The Bertz CT molecular complexity index is 1280. The van der Waals surface area contributed by atoms with E-state index in [1.807, 2.05) is 51.1 Å². The van der Waals surface area contributed by atoms with Crippen molar-refractivity contribution in [2.24, 2.45) is 45.2 Å². The summed E-state index contributed by atoms with van der Waals surface area (Å²) in [5, 5.41) is 16.8. The predicted octanol–water partition coefficient (Wildman–Crippen LogP) is 7.06. The third-order valence-electron chi connectivity index (χ3n) is 10.8. The highest BCUT2D eigenvalue weighted by Gasteiger charge is 2.53. The molecule has 9 atom stereocenters. The Morgan fingerprint density at radius 3 is 2.31 bits per heavy atom. The van der Waals surface area contributed by atoms with E-state index in [2.05, 4.69) is 17.1 Å². The van der Waals surface area contributed by atoms with Gasteiger partial charge in [0.1, 0.15) is 18.3 Å². The van der Waals surface area contributed by atoms with Crippen LogP contribution in [0.4, 0.5) is 4.39 Å². The molecule has 0 radical (unpaired) electrons. The van der Waals surface area contributed by atoms with Gasteiger partial charge < -0.3 is 14.7 Å². The van der Waals surface area contributed by atoms with Crippen LogP contribution in [0.2, 0.25) is 0 Å². The lowest BCUT2D eigenvalue weighted by molar-refractivity contribution is -0.186. The first-order valence-corrected chi connectivity index (χ1v) is 16.4. The first-order chi connectivity index (χ1) is 21.0. The lowest BCUT2D eigenvalue weighted by Gasteiger charge is -2.45. The third kappa shape index (κ3) is 8.27. The smallest absolute Gasteiger partial charge is 0.351 e. The van der Waals surface area contributed by atoms with Crippen molar-refractivity contribution in [3.63, 3.8) is 0 Å². The van der Waals surface area contributed by atoms with Gasteiger partial charge in [0.25, 0.3) is 5.67 Å². The maximum atomic E-state index is 16.1. The van der Waals surface area contributed by atoms with Crippen molar-refractivity contribution in [1.82, 2.24) is 0 Å². The van der Waals surface area contributed by atoms with Gasteiger partial charge in [-0.2, -0.15) is 0 Å². The molecule has 0 aromatic heterocycles. The van der Waals surface area contributed by atoms with Crippen LogP contribution in [0.15, 0.2) is 40.5 Å². The molecular weight excluding hydrogens is 575 g/mol. The van der Waals surface area contributed by atoms with Crippen LogP contribution in [0.25, 0.3) is 0 Å². The fraction of sp³-hybridized carbons (Fsp3) is 0.694. The number of alkyl halides is 1. The number of halogens is 1. The fourth-order valence-electron chi connectivity index (χ4n) is 7.61. The number of oxime groups is 1. The van der Waals surface area contributed by atoms with Crippen molar-refractivity contribution in [3.05, 3.63) is 35.9 Å². The first-order valence-electron chi connectivity index (χ1n) is 16.4. The van der Waals surface area contributed by atoms with Crippen molar-refractivity contribution in [3.8, 4) is 0 Å². The summed E-state index contributed by atoms with van der Waals surface area (Å²) in [7, 11) is 0. The normalized spacial score (nSPS) is 39.0. The molecule has 2 fully saturated rings. The Kier molecular flexibility index (Phi) is 11.9. The highest BCUT2D eigenvalue weighted by molar-refractivity contribution is 6.07. The molecule has 8 nitrogen and oxygen atoms in total. The SMILES string of the molecule is CC[C@H]1OC(=O)[C@@](C)(F)C(=O)[C@H](C)[C@@H](C)[C@]2(C)CC/C(=N/OCc3ccccc3)CC[C@H]([C@@H](C)C(=NC(C)=O)[C@H](C)C2)[C@]1(C)O. The molecule has 1 saturated heterocycles. The van der Waals surface area contributed by atoms with E-state index >= 15 is 4.39 Å². The van der Waals surface area contributed by atoms with Gasteiger partial charge >= 0.3 is 5.97 Å². The number of ketones is 1. The number of amides is 1. The van der Waals surface area contributed by atoms with Crippen molar-refractivity contribution in [2.75, 3.05) is 0 Å². The molecule has 250 valence electrons. The first kappa shape index (κ1) is 36.5. The standard InChI is InChI=1S/C36H53FN2O6/c1-10-30-36(9,43)29-17-16-28(39-44-21-27-14-12-11-13-15-27)18-19-34(7,20-22(2)31(24(29)4)38-26(6)40)25(5)23(3)32(41)35(8,37)33(42)45-30/h11-15,22-25,29-30,43H,10,16-21H2,1-9H3/b38-31?,39-28+/t22-,23-,24-,25-,29-,30-,34-,35+,36+/m1/s1. The van der Waals surface area contributed by atoms with Gasteiger partial charge in [-0.25, -0.2) is 14.2 Å². The number of benzene rings is 1. The van der Waals surface area contributed by atoms with Crippen molar-refractivity contribution in [2.45, 2.75) is 125 Å². The minimum Gasteiger partial charge on any atom is -0.457 e. The van der Waals surface area contributed by atoms with Crippen LogP contribution in [-0.4, -0.2) is 51.6 Å². The van der Waals surface area contributed by atoms with E-state index in [0.717, 1.165) is 18.2 Å². The number of nitrogens with zero attached hydrogens (tertiary/aromatic N) is 2. The number of carbonyl (C=O) groups is 3. The van der Waals surface area contributed by atoms with Gasteiger partial charge in [0, 0.05) is 24.5 Å². The summed E-state index contributed by atoms with van der Waals surface area (Å²) in [5.41, 5.74) is -2.61. The number of fused-ring (bicyclic) bond motifs is 5. The van der Waals surface area contributed by atoms with Crippen LogP contribution < -0.4 is 0 Å². The van der Waals surface area contributed by atoms with E-state index in [4.69, 9.17) is 9.57 Å². The molecule has 1 aromatic carbocycles. The maximum absolute atomic E-state index is 16.1. The van der Waals surface area contributed by atoms with Crippen LogP contribution in [0.3, 0.4) is 0 Å². The topological polar surface area (TPSA) is 115 Å². The Labute approximate surface area is 268 Å². The number of hydrogen-bond donors (Lipinski definition) is 1. The number of rotatable bonds is 4. The number of esters is 1. The van der Waals surface area contributed by atoms with Gasteiger partial charge in [0.15, 0.2) is 5.78 Å². The van der Waals surface area contributed by atoms with E-state index in [-0.39, 0.29) is 24.2 Å². The summed E-state index contributed by atoms with van der Waals surface area (Å²) >= 11 is 0. The average molecular weight is 629 g/mol. The van der Waals surface area contributed by atoms with E-state index in [1.165, 1.54) is 6.92 Å². The van der Waals surface area contributed by atoms with Crippen LogP contribution >= 0.6 is 0 Å². The minimum absolute atomic E-state index is 0.187. The second-order valence-electron chi connectivity index (χ2n) is 14.1. The minimum atomic E-state index is -2.88. The van der Waals surface area contributed by atoms with Gasteiger partial charge in [-0.15, -0.1) is 0 Å². The zero-order valence-electron chi connectivity index (χ0n) is 28.6. The summed E-state index contributed by atoms with van der Waals surface area (Å²) in [6.07, 6.45) is 1.70. The number of aliphatic imine (C=N–C) groups is 1. The predicted molar refractivity (Wildman–Crippen MR) is 173 cm³/mol. The average Bonchev–Trinajstić information content (AvgIpc) is 3.00. The number of aliphatic hydroxyl groups is 1. The van der Waals surface area contributed by atoms with Crippen LogP contribution in [-0.2, 0) is 30.6 Å². The zero-order valence-corrected chi connectivity index (χ0v) is 28.6. The van der Waals surface area contributed by atoms with Gasteiger partial charge in [-0.1, -0.05) is 77.0 Å². The highest BCUT2D eigenvalue weighted by atomic mass is 19.1. The maximum Gasteiger partial charge on any atom is 0.351 e. The monoisotopic (exact) mass is 628 g/mol. The molecule has 1 aromatic rings. The number of ether oxygens (including phenoxy) is 1. The van der Waals surface area contributed by atoms with Crippen LogP contribution in [0.1, 0.15) is 106 Å². The van der Waals surface area contributed by atoms with Gasteiger partial charge in [0.2, 0.25) is 5.91 Å². The van der Waals surface area contributed by atoms with E-state index in [1.54, 1.807) is 20.8 Å². The van der Waals surface area contributed by atoms with Crippen LogP contribution in [0.5, 0.6) is 0 Å². The molecule has 1 aliphatic carbocycles. The molecule has 0 spiro atoms. The lowest BCUT2D eigenvalue weighted by atomic mass is 9.62. The fourth-order valence-corrected chi connectivity index (χ4v) is 7.61. The number of Topliss-reactive ketones (excluding diaryl/α,β-unsaturated/α-hetero) is 1. The quantitative estimate of drug-likeness (QED) is 0.217. The van der Waals surface area contributed by atoms with E-state index in [9.17, 15) is 19.5 Å². The lowest BCUT2D eigenvalue weighted by Crippen LogP contribution is -2.55. The molecule has 1 aliphatic heterocycles. The highest BCUT2D eigenvalue weighted by Crippen LogP contribution is 2.47.